The minimum Gasteiger partial charge on any atom is -0.306 e. The van der Waals surface area contributed by atoms with E-state index < -0.39 is 7.60 Å². The molecule has 0 aliphatic heterocycles. The zero-order valence-corrected chi connectivity index (χ0v) is 11.8. The number of alkyl halides is 1. The van der Waals surface area contributed by atoms with E-state index in [0.717, 1.165) is 17.3 Å². The molecule has 0 rings (SSSR count). The SMILES string of the molecule is CCOP(=O)(C=CCCCI)OCC. The van der Waals surface area contributed by atoms with Crippen LogP contribution in [0.3, 0.4) is 0 Å². The molecule has 0 N–H and O–H groups in total. The van der Waals surface area contributed by atoms with Gasteiger partial charge in [0.25, 0.3) is 0 Å². The largest absolute Gasteiger partial charge is 0.353 e. The van der Waals surface area contributed by atoms with Gasteiger partial charge in [-0.25, -0.2) is 0 Å². The van der Waals surface area contributed by atoms with Gasteiger partial charge in [-0.3, -0.25) is 4.57 Å². The Morgan fingerprint density at radius 3 is 2.29 bits per heavy atom. The molecule has 0 spiro atoms. The normalized spacial score (nSPS) is 12.5. The maximum atomic E-state index is 11.8. The van der Waals surface area contributed by atoms with Gasteiger partial charge in [0, 0.05) is 5.82 Å². The highest BCUT2D eigenvalue weighted by Gasteiger charge is 2.18. The first-order valence-electron chi connectivity index (χ1n) is 4.81. The maximum absolute atomic E-state index is 11.8. The molecule has 0 aromatic rings. The van der Waals surface area contributed by atoms with Crippen molar-refractivity contribution in [2.45, 2.75) is 26.7 Å². The Kier molecular flexibility index (Phi) is 9.28. The molecule has 14 heavy (non-hydrogen) atoms. The molecule has 0 aromatic carbocycles. The third kappa shape index (κ3) is 6.98. The highest BCUT2D eigenvalue weighted by atomic mass is 127. The van der Waals surface area contributed by atoms with Crippen LogP contribution in [0.5, 0.6) is 0 Å². The molecule has 0 saturated heterocycles. The Morgan fingerprint density at radius 2 is 1.86 bits per heavy atom. The predicted octanol–water partition coefficient (Wildman–Crippen LogP) is 3.98. The second-order valence-electron chi connectivity index (χ2n) is 2.59. The molecule has 0 atom stereocenters. The minimum absolute atomic E-state index is 0.411. The zero-order chi connectivity index (χ0) is 10.9. The fraction of sp³-hybridized carbons (Fsp3) is 0.778. The summed E-state index contributed by atoms with van der Waals surface area (Å²) in [5.41, 5.74) is 0. The van der Waals surface area contributed by atoms with Gasteiger partial charge in [0.05, 0.1) is 13.2 Å². The molecular formula is C9H18IO3P. The van der Waals surface area contributed by atoms with Gasteiger partial charge in [0.2, 0.25) is 0 Å². The van der Waals surface area contributed by atoms with Gasteiger partial charge >= 0.3 is 7.60 Å². The summed E-state index contributed by atoms with van der Waals surface area (Å²) < 4.78 is 23.1. The lowest BCUT2D eigenvalue weighted by atomic mass is 10.3. The van der Waals surface area contributed by atoms with Crippen molar-refractivity contribution in [3.05, 3.63) is 11.9 Å². The molecular weight excluding hydrogens is 314 g/mol. The van der Waals surface area contributed by atoms with E-state index >= 15 is 0 Å². The topological polar surface area (TPSA) is 35.5 Å². The van der Waals surface area contributed by atoms with E-state index in [1.165, 1.54) is 0 Å². The van der Waals surface area contributed by atoms with Crippen molar-refractivity contribution in [2.75, 3.05) is 17.6 Å². The van der Waals surface area contributed by atoms with E-state index in [1.807, 2.05) is 19.9 Å². The molecule has 0 amide bonds. The van der Waals surface area contributed by atoms with Crippen molar-refractivity contribution in [1.29, 1.82) is 0 Å². The van der Waals surface area contributed by atoms with Crippen LogP contribution >= 0.6 is 30.2 Å². The summed E-state index contributed by atoms with van der Waals surface area (Å²) in [4.78, 5) is 0. The predicted molar refractivity (Wildman–Crippen MR) is 68.1 cm³/mol. The van der Waals surface area contributed by atoms with Gasteiger partial charge in [-0.2, -0.15) is 0 Å². The van der Waals surface area contributed by atoms with Crippen LogP contribution in [-0.4, -0.2) is 17.6 Å². The molecule has 0 heterocycles. The Balaban J connectivity index is 4.07. The van der Waals surface area contributed by atoms with Crippen molar-refractivity contribution < 1.29 is 13.6 Å². The highest BCUT2D eigenvalue weighted by Crippen LogP contribution is 2.49. The lowest BCUT2D eigenvalue weighted by Crippen LogP contribution is -1.92. The average Bonchev–Trinajstić information content (AvgIpc) is 2.13. The second kappa shape index (κ2) is 8.89. The van der Waals surface area contributed by atoms with Gasteiger partial charge in [-0.15, -0.1) is 0 Å². The van der Waals surface area contributed by atoms with E-state index in [-0.39, 0.29) is 0 Å². The van der Waals surface area contributed by atoms with Gasteiger partial charge in [0.1, 0.15) is 0 Å². The first-order valence-corrected chi connectivity index (χ1v) is 7.94. The van der Waals surface area contributed by atoms with Crippen molar-refractivity contribution in [3.8, 4) is 0 Å². The van der Waals surface area contributed by atoms with Crippen LogP contribution in [0.4, 0.5) is 0 Å². The summed E-state index contributed by atoms with van der Waals surface area (Å²) in [6.07, 6.45) is 3.90. The van der Waals surface area contributed by atoms with Gasteiger partial charge < -0.3 is 9.05 Å². The molecule has 0 bridgehead atoms. The first kappa shape index (κ1) is 14.6. The molecule has 3 nitrogen and oxygen atoms in total. The van der Waals surface area contributed by atoms with Crippen LogP contribution in [0, 0.1) is 0 Å². The van der Waals surface area contributed by atoms with E-state index in [2.05, 4.69) is 22.6 Å². The van der Waals surface area contributed by atoms with Crippen LogP contribution < -0.4 is 0 Å². The van der Waals surface area contributed by atoms with Crippen LogP contribution in [0.1, 0.15) is 26.7 Å². The fourth-order valence-electron chi connectivity index (χ4n) is 0.882. The van der Waals surface area contributed by atoms with Gasteiger partial charge in [-0.1, -0.05) is 28.7 Å². The number of hydrogen-bond donors (Lipinski definition) is 0. The van der Waals surface area contributed by atoms with Crippen molar-refractivity contribution in [1.82, 2.24) is 0 Å². The quantitative estimate of drug-likeness (QED) is 0.292. The monoisotopic (exact) mass is 332 g/mol. The van der Waals surface area contributed by atoms with Crippen LogP contribution in [0.25, 0.3) is 0 Å². The highest BCUT2D eigenvalue weighted by molar-refractivity contribution is 14.1. The number of hydrogen-bond acceptors (Lipinski definition) is 3. The van der Waals surface area contributed by atoms with Crippen LogP contribution in [0.2, 0.25) is 0 Å². The third-order valence-electron chi connectivity index (χ3n) is 1.41. The fourth-order valence-corrected chi connectivity index (χ4v) is 2.70. The Morgan fingerprint density at radius 1 is 1.29 bits per heavy atom. The first-order chi connectivity index (χ1) is 6.68. The second-order valence-corrected chi connectivity index (χ2v) is 5.56. The third-order valence-corrected chi connectivity index (χ3v) is 3.99. The van der Waals surface area contributed by atoms with E-state index in [9.17, 15) is 4.57 Å². The Bertz CT molecular complexity index is 196. The van der Waals surface area contributed by atoms with Gasteiger partial charge in [0.15, 0.2) is 0 Å². The summed E-state index contributed by atoms with van der Waals surface area (Å²) in [5.74, 6) is 1.58. The minimum atomic E-state index is -2.94. The maximum Gasteiger partial charge on any atom is 0.353 e. The smallest absolute Gasteiger partial charge is 0.306 e. The van der Waals surface area contributed by atoms with Crippen LogP contribution in [0.15, 0.2) is 11.9 Å². The summed E-state index contributed by atoms with van der Waals surface area (Å²) in [6.45, 7) is 4.44. The summed E-state index contributed by atoms with van der Waals surface area (Å²) >= 11 is 2.32. The molecule has 0 aliphatic rings. The molecule has 0 aliphatic carbocycles. The summed E-state index contributed by atoms with van der Waals surface area (Å²) in [5, 5.41) is 0. The number of halogens is 1. The standard InChI is InChI=1S/C9H18IO3P/c1-3-12-14(11,13-4-2)9-7-5-6-8-10/h7,9H,3-6,8H2,1-2H3. The number of allylic oxidation sites excluding steroid dienone is 1. The van der Waals surface area contributed by atoms with E-state index in [4.69, 9.17) is 9.05 Å². The molecule has 84 valence electrons. The molecule has 5 heteroatoms. The molecule has 0 aromatic heterocycles. The average molecular weight is 332 g/mol. The molecule has 0 radical (unpaired) electrons. The number of rotatable bonds is 8. The zero-order valence-electron chi connectivity index (χ0n) is 8.74. The molecule has 0 unspecified atom stereocenters. The summed E-state index contributed by atoms with van der Waals surface area (Å²) in [6, 6.07) is 0. The lowest BCUT2D eigenvalue weighted by molar-refractivity contribution is 0.229. The van der Waals surface area contributed by atoms with E-state index in [1.54, 1.807) is 5.82 Å². The molecule has 0 fully saturated rings. The van der Waals surface area contributed by atoms with Crippen molar-refractivity contribution >= 4 is 30.2 Å². The van der Waals surface area contributed by atoms with Crippen molar-refractivity contribution in [3.63, 3.8) is 0 Å². The lowest BCUT2D eigenvalue weighted by Gasteiger charge is -2.12. The van der Waals surface area contributed by atoms with Gasteiger partial charge in [-0.05, 0) is 31.1 Å². The molecule has 0 saturated carbocycles. The Labute approximate surface area is 99.9 Å². The Hall–Kier alpha value is 0.620. The summed E-state index contributed by atoms with van der Waals surface area (Å²) in [7, 11) is -2.94. The van der Waals surface area contributed by atoms with Crippen molar-refractivity contribution in [2.24, 2.45) is 0 Å². The number of unbranched alkanes of at least 4 members (excludes halogenated alkanes) is 1. The van der Waals surface area contributed by atoms with Crippen LogP contribution in [-0.2, 0) is 13.6 Å². The van der Waals surface area contributed by atoms with E-state index in [0.29, 0.717) is 13.2 Å².